The largest absolute Gasteiger partial charge is 0.462 e. The number of rotatable bonds is 49. The molecule has 0 aromatic heterocycles. The highest BCUT2D eigenvalue weighted by Crippen LogP contribution is 2.15. The molecule has 0 aliphatic heterocycles. The van der Waals surface area contributed by atoms with Crippen molar-refractivity contribution < 1.29 is 28.6 Å². The van der Waals surface area contributed by atoms with E-state index >= 15 is 0 Å². The van der Waals surface area contributed by atoms with Crippen LogP contribution in [0.3, 0.4) is 0 Å². The lowest BCUT2D eigenvalue weighted by Crippen LogP contribution is -2.30. The fraction of sp³-hybridized carbons (Fsp3) is 0.746. The number of ether oxygens (including phenoxy) is 3. The van der Waals surface area contributed by atoms with Crippen molar-refractivity contribution >= 4 is 17.9 Å². The minimum absolute atomic E-state index is 0.0853. The van der Waals surface area contributed by atoms with E-state index < -0.39 is 6.10 Å². The van der Waals surface area contributed by atoms with Crippen molar-refractivity contribution in [2.75, 3.05) is 13.2 Å². The lowest BCUT2D eigenvalue weighted by molar-refractivity contribution is -0.167. The topological polar surface area (TPSA) is 78.9 Å². The summed E-state index contributed by atoms with van der Waals surface area (Å²) in [5.74, 6) is -0.906. The number of hydrogen-bond acceptors (Lipinski definition) is 6. The van der Waals surface area contributed by atoms with Gasteiger partial charge in [0.2, 0.25) is 0 Å². The average Bonchev–Trinajstić information content (AvgIpc) is 3.30. The predicted molar refractivity (Wildman–Crippen MR) is 279 cm³/mol. The summed E-state index contributed by atoms with van der Waals surface area (Å²) in [5, 5.41) is 0. The van der Waals surface area contributed by atoms with Crippen molar-refractivity contribution in [2.45, 2.75) is 271 Å². The van der Waals surface area contributed by atoms with Crippen LogP contribution in [0.15, 0.2) is 72.9 Å². The van der Waals surface area contributed by atoms with Gasteiger partial charge in [-0.2, -0.15) is 0 Å². The highest BCUT2D eigenvalue weighted by molar-refractivity contribution is 5.71. The molecule has 0 N–H and O–H groups in total. The Hall–Kier alpha value is -3.15. The quantitative estimate of drug-likeness (QED) is 0.0262. The minimum atomic E-state index is -0.787. The van der Waals surface area contributed by atoms with E-state index in [1.165, 1.54) is 116 Å². The molecule has 0 heterocycles. The summed E-state index contributed by atoms with van der Waals surface area (Å²) in [4.78, 5) is 38.1. The molecule has 1 unspecified atom stereocenters. The number of esters is 3. The molecular formula is C59H102O6. The summed E-state index contributed by atoms with van der Waals surface area (Å²) in [7, 11) is 0. The van der Waals surface area contributed by atoms with Gasteiger partial charge in [-0.1, -0.05) is 216 Å². The SMILES string of the molecule is CC/C=C\C/C=C\C/C=C\CCCCCCCCC(=O)OC(COC(=O)CCCCCCCCC/C=C\C/C=C\CC)COC(=O)CCCCCCCCC/C=C\CCCCCCCC. The van der Waals surface area contributed by atoms with Crippen LogP contribution in [0.4, 0.5) is 0 Å². The van der Waals surface area contributed by atoms with Crippen LogP contribution in [0.5, 0.6) is 0 Å². The summed E-state index contributed by atoms with van der Waals surface area (Å²) in [6.07, 6.45) is 67.4. The molecule has 1 atom stereocenters. The van der Waals surface area contributed by atoms with Gasteiger partial charge in [0.15, 0.2) is 6.10 Å². The van der Waals surface area contributed by atoms with E-state index in [-0.39, 0.29) is 31.1 Å². The molecule has 0 aromatic rings. The summed E-state index contributed by atoms with van der Waals surface area (Å²) < 4.78 is 16.8. The third-order valence-electron chi connectivity index (χ3n) is 11.7. The highest BCUT2D eigenvalue weighted by Gasteiger charge is 2.19. The third kappa shape index (κ3) is 51.7. The Labute approximate surface area is 402 Å². The van der Waals surface area contributed by atoms with Crippen LogP contribution in [0, 0.1) is 0 Å². The van der Waals surface area contributed by atoms with Crippen LogP contribution < -0.4 is 0 Å². The van der Waals surface area contributed by atoms with Crippen molar-refractivity contribution in [2.24, 2.45) is 0 Å². The maximum atomic E-state index is 12.8. The lowest BCUT2D eigenvalue weighted by Gasteiger charge is -2.18. The first-order valence-corrected chi connectivity index (χ1v) is 27.4. The van der Waals surface area contributed by atoms with Crippen LogP contribution >= 0.6 is 0 Å². The molecule has 0 amide bonds. The lowest BCUT2D eigenvalue weighted by atomic mass is 10.1. The molecule has 0 bridgehead atoms. The van der Waals surface area contributed by atoms with Gasteiger partial charge in [-0.25, -0.2) is 0 Å². The van der Waals surface area contributed by atoms with Crippen molar-refractivity contribution in [1.29, 1.82) is 0 Å². The van der Waals surface area contributed by atoms with Crippen molar-refractivity contribution in [1.82, 2.24) is 0 Å². The Bertz CT molecular complexity index is 1230. The molecule has 0 rings (SSSR count). The maximum absolute atomic E-state index is 12.8. The zero-order chi connectivity index (χ0) is 47.2. The highest BCUT2D eigenvalue weighted by atomic mass is 16.6. The molecule has 0 spiro atoms. The van der Waals surface area contributed by atoms with Crippen LogP contribution in [0.25, 0.3) is 0 Å². The van der Waals surface area contributed by atoms with Crippen LogP contribution in [-0.2, 0) is 28.6 Å². The Balaban J connectivity index is 4.40. The summed E-state index contributed by atoms with van der Waals surface area (Å²) in [5.41, 5.74) is 0. The molecule has 0 aliphatic carbocycles. The number of hydrogen-bond donors (Lipinski definition) is 0. The summed E-state index contributed by atoms with van der Waals surface area (Å²) >= 11 is 0. The minimum Gasteiger partial charge on any atom is -0.462 e. The van der Waals surface area contributed by atoms with Crippen molar-refractivity contribution in [3.05, 3.63) is 72.9 Å². The predicted octanol–water partition coefficient (Wildman–Crippen LogP) is 18.2. The van der Waals surface area contributed by atoms with Gasteiger partial charge in [-0.15, -0.1) is 0 Å². The monoisotopic (exact) mass is 907 g/mol. The molecule has 0 saturated heterocycles. The second-order valence-corrected chi connectivity index (χ2v) is 18.1. The smallest absolute Gasteiger partial charge is 0.306 e. The van der Waals surface area contributed by atoms with Gasteiger partial charge in [0.05, 0.1) is 0 Å². The average molecular weight is 907 g/mol. The zero-order valence-corrected chi connectivity index (χ0v) is 42.7. The van der Waals surface area contributed by atoms with Gasteiger partial charge in [-0.05, 0) is 103 Å². The molecule has 6 nitrogen and oxygen atoms in total. The standard InChI is InChI=1S/C59H102O6/c1-4-7-10-13-16-19-22-25-28-30-32-34-37-40-43-46-49-52-58(61)64-55-56(54-63-57(60)51-48-45-42-39-36-33-27-24-21-18-15-12-9-6-3)65-59(62)53-50-47-44-41-38-35-31-29-26-23-20-17-14-11-8-5-2/h8-9,11-12,17-18,20-21,25-26,28-29,56H,4-7,10,13-16,19,22-24,27,30-55H2,1-3H3/b11-8-,12-9-,20-17-,21-18-,28-25-,29-26-. The number of allylic oxidation sites excluding steroid dienone is 12. The summed E-state index contributed by atoms with van der Waals surface area (Å²) in [6.45, 7) is 6.41. The van der Waals surface area contributed by atoms with E-state index in [4.69, 9.17) is 14.2 Å². The van der Waals surface area contributed by atoms with Crippen LogP contribution in [-0.4, -0.2) is 37.2 Å². The molecule has 0 radical (unpaired) electrons. The number of carbonyl (C=O) groups is 3. The zero-order valence-electron chi connectivity index (χ0n) is 42.7. The Morgan fingerprint density at radius 2 is 0.600 bits per heavy atom. The maximum Gasteiger partial charge on any atom is 0.306 e. The number of unbranched alkanes of at least 4 members (excludes halogenated alkanes) is 26. The van der Waals surface area contributed by atoms with E-state index in [0.717, 1.165) is 109 Å². The Kier molecular flexibility index (Phi) is 50.9. The fourth-order valence-corrected chi connectivity index (χ4v) is 7.61. The van der Waals surface area contributed by atoms with E-state index in [1.54, 1.807) is 0 Å². The molecule has 374 valence electrons. The van der Waals surface area contributed by atoms with Gasteiger partial charge >= 0.3 is 17.9 Å². The van der Waals surface area contributed by atoms with Crippen LogP contribution in [0.1, 0.15) is 265 Å². The third-order valence-corrected chi connectivity index (χ3v) is 11.7. The first-order chi connectivity index (χ1) is 32.0. The fourth-order valence-electron chi connectivity index (χ4n) is 7.61. The first kappa shape index (κ1) is 61.9. The van der Waals surface area contributed by atoms with Gasteiger partial charge in [0.1, 0.15) is 13.2 Å². The van der Waals surface area contributed by atoms with E-state index in [2.05, 4.69) is 93.7 Å². The van der Waals surface area contributed by atoms with Gasteiger partial charge < -0.3 is 14.2 Å². The van der Waals surface area contributed by atoms with Crippen molar-refractivity contribution in [3.63, 3.8) is 0 Å². The van der Waals surface area contributed by atoms with Gasteiger partial charge in [0, 0.05) is 19.3 Å². The molecule has 0 aromatic carbocycles. The molecule has 0 fully saturated rings. The summed E-state index contributed by atoms with van der Waals surface area (Å²) in [6, 6.07) is 0. The van der Waals surface area contributed by atoms with Gasteiger partial charge in [0.25, 0.3) is 0 Å². The second-order valence-electron chi connectivity index (χ2n) is 18.1. The molecule has 65 heavy (non-hydrogen) atoms. The van der Waals surface area contributed by atoms with Crippen LogP contribution in [0.2, 0.25) is 0 Å². The number of carbonyl (C=O) groups excluding carboxylic acids is 3. The molecule has 0 saturated carbocycles. The molecule has 0 aliphatic rings. The van der Waals surface area contributed by atoms with Crippen molar-refractivity contribution in [3.8, 4) is 0 Å². The first-order valence-electron chi connectivity index (χ1n) is 27.4. The van der Waals surface area contributed by atoms with E-state index in [1.807, 2.05) is 0 Å². The normalized spacial score (nSPS) is 12.6. The Morgan fingerprint density at radius 1 is 0.323 bits per heavy atom. The molecular weight excluding hydrogens is 805 g/mol. The van der Waals surface area contributed by atoms with Gasteiger partial charge in [-0.3, -0.25) is 14.4 Å². The Morgan fingerprint density at radius 3 is 0.954 bits per heavy atom. The second kappa shape index (κ2) is 53.5. The van der Waals surface area contributed by atoms with E-state index in [9.17, 15) is 14.4 Å². The van der Waals surface area contributed by atoms with E-state index in [0.29, 0.717) is 19.3 Å². The molecule has 6 heteroatoms.